The van der Waals surface area contributed by atoms with Gasteiger partial charge in [0.15, 0.2) is 5.82 Å². The highest BCUT2D eigenvalue weighted by atomic mass is 19.1. The molecule has 0 spiro atoms. The number of amides is 1. The Bertz CT molecular complexity index is 742. The SMILES string of the molecule is CN(C)c1cccc(C(=O)NCC2CCN(c3ncc(F)cn3)CC2)c1. The van der Waals surface area contributed by atoms with Crippen LogP contribution in [0.4, 0.5) is 16.0 Å². The second kappa shape index (κ2) is 8.12. The zero-order valence-corrected chi connectivity index (χ0v) is 15.2. The first kappa shape index (κ1) is 18.1. The smallest absolute Gasteiger partial charge is 0.251 e. The van der Waals surface area contributed by atoms with Gasteiger partial charge in [0.2, 0.25) is 5.95 Å². The van der Waals surface area contributed by atoms with Crippen molar-refractivity contribution in [2.24, 2.45) is 5.92 Å². The molecule has 7 heteroatoms. The summed E-state index contributed by atoms with van der Waals surface area (Å²) in [5, 5.41) is 3.04. The number of aromatic nitrogens is 2. The van der Waals surface area contributed by atoms with Gasteiger partial charge in [0, 0.05) is 45.0 Å². The van der Waals surface area contributed by atoms with Crippen molar-refractivity contribution in [2.45, 2.75) is 12.8 Å². The number of rotatable bonds is 5. The molecule has 138 valence electrons. The van der Waals surface area contributed by atoms with E-state index in [4.69, 9.17) is 0 Å². The Labute approximate surface area is 153 Å². The van der Waals surface area contributed by atoms with Crippen molar-refractivity contribution in [3.05, 3.63) is 48.0 Å². The van der Waals surface area contributed by atoms with Crippen molar-refractivity contribution in [3.8, 4) is 0 Å². The molecule has 1 aliphatic rings. The van der Waals surface area contributed by atoms with Gasteiger partial charge in [-0.2, -0.15) is 0 Å². The van der Waals surface area contributed by atoms with Crippen molar-refractivity contribution in [2.75, 3.05) is 43.5 Å². The molecule has 2 aromatic rings. The first-order chi connectivity index (χ1) is 12.5. The summed E-state index contributed by atoms with van der Waals surface area (Å²) in [6.07, 6.45) is 4.27. The Balaban J connectivity index is 1.48. The van der Waals surface area contributed by atoms with Crippen LogP contribution in [0.1, 0.15) is 23.2 Å². The first-order valence-corrected chi connectivity index (χ1v) is 8.81. The van der Waals surface area contributed by atoms with E-state index in [1.54, 1.807) is 0 Å². The van der Waals surface area contributed by atoms with Gasteiger partial charge in [-0.1, -0.05) is 6.07 Å². The van der Waals surface area contributed by atoms with Crippen molar-refractivity contribution >= 4 is 17.5 Å². The number of carbonyl (C=O) groups excluding carboxylic acids is 1. The zero-order valence-electron chi connectivity index (χ0n) is 15.2. The summed E-state index contributed by atoms with van der Waals surface area (Å²) in [4.78, 5) is 24.5. The fraction of sp³-hybridized carbons (Fsp3) is 0.421. The van der Waals surface area contributed by atoms with E-state index >= 15 is 0 Å². The molecule has 1 aromatic carbocycles. The molecule has 1 fully saturated rings. The molecule has 1 N–H and O–H groups in total. The Kier molecular flexibility index (Phi) is 5.65. The third-order valence-corrected chi connectivity index (χ3v) is 4.68. The second-order valence-corrected chi connectivity index (χ2v) is 6.79. The van der Waals surface area contributed by atoms with Crippen LogP contribution in [-0.4, -0.2) is 49.6 Å². The normalized spacial score (nSPS) is 15.0. The lowest BCUT2D eigenvalue weighted by Crippen LogP contribution is -2.39. The van der Waals surface area contributed by atoms with Crippen LogP contribution in [-0.2, 0) is 0 Å². The van der Waals surface area contributed by atoms with Gasteiger partial charge < -0.3 is 15.1 Å². The van der Waals surface area contributed by atoms with Gasteiger partial charge in [0.25, 0.3) is 5.91 Å². The van der Waals surface area contributed by atoms with Crippen LogP contribution in [0.5, 0.6) is 0 Å². The highest BCUT2D eigenvalue weighted by Gasteiger charge is 2.21. The summed E-state index contributed by atoms with van der Waals surface area (Å²) in [7, 11) is 3.91. The standard InChI is InChI=1S/C19H24FN5O/c1-24(2)17-5-3-4-15(10-17)18(26)21-11-14-6-8-25(9-7-14)19-22-12-16(20)13-23-19/h3-5,10,12-14H,6-9,11H2,1-2H3,(H,21,26). The van der Waals surface area contributed by atoms with Crippen molar-refractivity contribution < 1.29 is 9.18 Å². The highest BCUT2D eigenvalue weighted by Crippen LogP contribution is 2.20. The van der Waals surface area contributed by atoms with Gasteiger partial charge in [-0.15, -0.1) is 0 Å². The van der Waals surface area contributed by atoms with E-state index in [1.165, 1.54) is 12.4 Å². The molecule has 2 heterocycles. The Hall–Kier alpha value is -2.70. The Morgan fingerprint density at radius 1 is 1.27 bits per heavy atom. The maximum Gasteiger partial charge on any atom is 0.251 e. The van der Waals surface area contributed by atoms with Gasteiger partial charge in [-0.3, -0.25) is 4.79 Å². The van der Waals surface area contributed by atoms with E-state index in [0.717, 1.165) is 31.6 Å². The average Bonchev–Trinajstić information content (AvgIpc) is 2.67. The molecule has 0 radical (unpaired) electrons. The Morgan fingerprint density at radius 2 is 1.96 bits per heavy atom. The van der Waals surface area contributed by atoms with Gasteiger partial charge in [-0.05, 0) is 37.0 Å². The molecule has 3 rings (SSSR count). The number of nitrogens with zero attached hydrogens (tertiary/aromatic N) is 4. The van der Waals surface area contributed by atoms with E-state index in [0.29, 0.717) is 24.0 Å². The number of benzene rings is 1. The summed E-state index contributed by atoms with van der Waals surface area (Å²) in [5.74, 6) is 0.518. The minimum Gasteiger partial charge on any atom is -0.378 e. The van der Waals surface area contributed by atoms with E-state index in [-0.39, 0.29) is 5.91 Å². The number of halogens is 1. The van der Waals surface area contributed by atoms with E-state index in [1.807, 2.05) is 43.3 Å². The maximum absolute atomic E-state index is 12.9. The summed E-state index contributed by atoms with van der Waals surface area (Å²) < 4.78 is 12.9. The largest absolute Gasteiger partial charge is 0.378 e. The fourth-order valence-electron chi connectivity index (χ4n) is 3.07. The van der Waals surface area contributed by atoms with Crippen LogP contribution in [0.2, 0.25) is 0 Å². The second-order valence-electron chi connectivity index (χ2n) is 6.79. The van der Waals surface area contributed by atoms with Gasteiger partial charge in [-0.25, -0.2) is 14.4 Å². The molecule has 0 atom stereocenters. The summed E-state index contributed by atoms with van der Waals surface area (Å²) in [6, 6.07) is 7.59. The molecule has 6 nitrogen and oxygen atoms in total. The quantitative estimate of drug-likeness (QED) is 0.890. The highest BCUT2D eigenvalue weighted by molar-refractivity contribution is 5.95. The number of piperidine rings is 1. The van der Waals surface area contributed by atoms with Crippen LogP contribution in [0.25, 0.3) is 0 Å². The van der Waals surface area contributed by atoms with Crippen molar-refractivity contribution in [1.82, 2.24) is 15.3 Å². The van der Waals surface area contributed by atoms with E-state index in [2.05, 4.69) is 20.2 Å². The fourth-order valence-corrected chi connectivity index (χ4v) is 3.07. The lowest BCUT2D eigenvalue weighted by atomic mass is 9.97. The van der Waals surface area contributed by atoms with E-state index in [9.17, 15) is 9.18 Å². The maximum atomic E-state index is 12.9. The van der Waals surface area contributed by atoms with Crippen LogP contribution in [0.3, 0.4) is 0 Å². The number of hydrogen-bond acceptors (Lipinski definition) is 5. The molecule has 1 saturated heterocycles. The molecule has 26 heavy (non-hydrogen) atoms. The molecular weight excluding hydrogens is 333 g/mol. The van der Waals surface area contributed by atoms with Crippen LogP contribution in [0.15, 0.2) is 36.7 Å². The monoisotopic (exact) mass is 357 g/mol. The molecule has 0 aliphatic carbocycles. The third-order valence-electron chi connectivity index (χ3n) is 4.68. The lowest BCUT2D eigenvalue weighted by Gasteiger charge is -2.32. The Morgan fingerprint density at radius 3 is 2.62 bits per heavy atom. The van der Waals surface area contributed by atoms with Crippen molar-refractivity contribution in [1.29, 1.82) is 0 Å². The molecule has 1 aromatic heterocycles. The molecule has 0 unspecified atom stereocenters. The first-order valence-electron chi connectivity index (χ1n) is 8.81. The predicted molar refractivity (Wildman–Crippen MR) is 100 cm³/mol. The predicted octanol–water partition coefficient (Wildman–Crippen LogP) is 2.33. The third kappa shape index (κ3) is 4.47. The summed E-state index contributed by atoms with van der Waals surface area (Å²) >= 11 is 0. The van der Waals surface area contributed by atoms with Gasteiger partial charge in [0.05, 0.1) is 12.4 Å². The number of hydrogen-bond donors (Lipinski definition) is 1. The lowest BCUT2D eigenvalue weighted by molar-refractivity contribution is 0.0945. The van der Waals surface area contributed by atoms with E-state index < -0.39 is 5.82 Å². The van der Waals surface area contributed by atoms with Gasteiger partial charge in [0.1, 0.15) is 0 Å². The zero-order chi connectivity index (χ0) is 18.5. The number of carbonyl (C=O) groups is 1. The average molecular weight is 357 g/mol. The van der Waals surface area contributed by atoms with Crippen LogP contribution >= 0.6 is 0 Å². The van der Waals surface area contributed by atoms with Gasteiger partial charge >= 0.3 is 0 Å². The summed E-state index contributed by atoms with van der Waals surface area (Å²) in [5.41, 5.74) is 1.68. The van der Waals surface area contributed by atoms with Crippen molar-refractivity contribution in [3.63, 3.8) is 0 Å². The minimum absolute atomic E-state index is 0.0435. The topological polar surface area (TPSA) is 61.4 Å². The minimum atomic E-state index is -0.426. The number of nitrogens with one attached hydrogen (secondary N) is 1. The summed E-state index contributed by atoms with van der Waals surface area (Å²) in [6.45, 7) is 2.27. The molecule has 0 bridgehead atoms. The van der Waals surface area contributed by atoms with Crippen LogP contribution < -0.4 is 15.1 Å². The molecule has 0 saturated carbocycles. The number of anilines is 2. The van der Waals surface area contributed by atoms with Crippen LogP contribution in [0, 0.1) is 11.7 Å². The molecular formula is C19H24FN5O. The molecule has 1 aliphatic heterocycles. The molecule has 1 amide bonds.